The SMILES string of the molecule is COC(=O)c1cc(CO)cc(N2CCCn3c(c(CCCOc4cc(C)c(Cl)c(C)c4)c4ccc(Cl)c(-c5c(C)nn(C)c5C)c43)C2=O)c1. The van der Waals surface area contributed by atoms with Gasteiger partial charge in [-0.1, -0.05) is 29.3 Å². The third-order valence-corrected chi connectivity index (χ3v) is 10.3. The van der Waals surface area contributed by atoms with E-state index >= 15 is 0 Å². The van der Waals surface area contributed by atoms with Crippen molar-refractivity contribution in [2.75, 3.05) is 25.2 Å². The van der Waals surface area contributed by atoms with Gasteiger partial charge >= 0.3 is 5.97 Å². The first-order valence-electron chi connectivity index (χ1n) is 16.3. The van der Waals surface area contributed by atoms with Gasteiger partial charge in [-0.05, 0) is 106 Å². The Kier molecular flexibility index (Phi) is 9.80. The normalized spacial score (nSPS) is 13.2. The van der Waals surface area contributed by atoms with Gasteiger partial charge in [0.05, 0.1) is 42.1 Å². The van der Waals surface area contributed by atoms with Crippen LogP contribution < -0.4 is 9.64 Å². The molecule has 1 N–H and O–H groups in total. The molecule has 1 aliphatic heterocycles. The van der Waals surface area contributed by atoms with Crippen LogP contribution in [0.2, 0.25) is 10.0 Å². The molecule has 6 rings (SSSR count). The van der Waals surface area contributed by atoms with E-state index in [-0.39, 0.29) is 18.1 Å². The zero-order chi connectivity index (χ0) is 35.1. The molecule has 0 unspecified atom stereocenters. The van der Waals surface area contributed by atoms with Gasteiger partial charge in [-0.3, -0.25) is 9.48 Å². The number of amides is 1. The molecule has 49 heavy (non-hydrogen) atoms. The first-order valence-corrected chi connectivity index (χ1v) is 17.1. The molecule has 0 fully saturated rings. The maximum absolute atomic E-state index is 14.8. The number of methoxy groups -OCH3 is 1. The number of benzene rings is 3. The first kappa shape index (κ1) is 34.5. The highest BCUT2D eigenvalue weighted by Crippen LogP contribution is 2.43. The summed E-state index contributed by atoms with van der Waals surface area (Å²) in [5.74, 6) is 0.0198. The molecular weight excluding hydrogens is 663 g/mol. The average molecular weight is 704 g/mol. The number of esters is 1. The average Bonchev–Trinajstić information content (AvgIpc) is 3.45. The number of carbonyl (C=O) groups is 2. The highest BCUT2D eigenvalue weighted by Gasteiger charge is 2.33. The lowest BCUT2D eigenvalue weighted by Gasteiger charge is -2.22. The molecule has 0 spiro atoms. The topological polar surface area (TPSA) is 98.8 Å². The second-order valence-electron chi connectivity index (χ2n) is 12.6. The number of carbonyl (C=O) groups excluding carboxylic acids is 2. The van der Waals surface area contributed by atoms with Crippen molar-refractivity contribution in [3.8, 4) is 16.9 Å². The molecule has 0 saturated carbocycles. The minimum Gasteiger partial charge on any atom is -0.494 e. The molecule has 0 radical (unpaired) electrons. The third-order valence-electron chi connectivity index (χ3n) is 9.39. The molecule has 11 heteroatoms. The Morgan fingerprint density at radius 2 is 1.73 bits per heavy atom. The van der Waals surface area contributed by atoms with Crippen molar-refractivity contribution in [3.63, 3.8) is 0 Å². The molecule has 9 nitrogen and oxygen atoms in total. The van der Waals surface area contributed by atoms with E-state index in [9.17, 15) is 14.7 Å². The Balaban J connectivity index is 1.48. The van der Waals surface area contributed by atoms with Crippen LogP contribution in [0.15, 0.2) is 42.5 Å². The second kappa shape index (κ2) is 13.9. The molecule has 2 aromatic heterocycles. The summed E-state index contributed by atoms with van der Waals surface area (Å²) in [4.78, 5) is 29.1. The van der Waals surface area contributed by atoms with Crippen molar-refractivity contribution in [3.05, 3.63) is 97.4 Å². The van der Waals surface area contributed by atoms with E-state index in [0.717, 1.165) is 60.9 Å². The molecule has 1 amide bonds. The Morgan fingerprint density at radius 3 is 2.39 bits per heavy atom. The van der Waals surface area contributed by atoms with E-state index in [1.165, 1.54) is 7.11 Å². The largest absolute Gasteiger partial charge is 0.494 e. The van der Waals surface area contributed by atoms with E-state index < -0.39 is 5.97 Å². The quantitative estimate of drug-likeness (QED) is 0.124. The maximum atomic E-state index is 14.8. The van der Waals surface area contributed by atoms with E-state index in [2.05, 4.69) is 9.67 Å². The number of aryl methyl sites for hydroxylation is 6. The van der Waals surface area contributed by atoms with Crippen molar-refractivity contribution < 1.29 is 24.2 Å². The summed E-state index contributed by atoms with van der Waals surface area (Å²) >= 11 is 13.4. The maximum Gasteiger partial charge on any atom is 0.337 e. The highest BCUT2D eigenvalue weighted by molar-refractivity contribution is 6.35. The molecule has 0 saturated heterocycles. The van der Waals surface area contributed by atoms with E-state index in [0.29, 0.717) is 60.9 Å². The predicted molar refractivity (Wildman–Crippen MR) is 193 cm³/mol. The summed E-state index contributed by atoms with van der Waals surface area (Å²) in [6.45, 7) is 9.05. The van der Waals surface area contributed by atoms with Gasteiger partial charge in [-0.2, -0.15) is 5.10 Å². The zero-order valence-corrected chi connectivity index (χ0v) is 30.1. The van der Waals surface area contributed by atoms with Crippen LogP contribution in [0.25, 0.3) is 22.0 Å². The van der Waals surface area contributed by atoms with Gasteiger partial charge in [0.15, 0.2) is 0 Å². The zero-order valence-electron chi connectivity index (χ0n) is 28.6. The van der Waals surface area contributed by atoms with Crippen LogP contribution >= 0.6 is 23.2 Å². The summed E-state index contributed by atoms with van der Waals surface area (Å²) in [5.41, 5.74) is 9.23. The second-order valence-corrected chi connectivity index (χ2v) is 13.4. The van der Waals surface area contributed by atoms with E-state index in [1.54, 1.807) is 23.1 Å². The first-order chi connectivity index (χ1) is 23.4. The van der Waals surface area contributed by atoms with Gasteiger partial charge in [-0.15, -0.1) is 0 Å². The van der Waals surface area contributed by atoms with Crippen molar-refractivity contribution in [1.29, 1.82) is 0 Å². The number of aromatic nitrogens is 3. The summed E-state index contributed by atoms with van der Waals surface area (Å²) in [7, 11) is 3.22. The van der Waals surface area contributed by atoms with E-state index in [1.807, 2.05) is 63.7 Å². The van der Waals surface area contributed by atoms with Gasteiger partial charge in [0.2, 0.25) is 0 Å². The van der Waals surface area contributed by atoms with Crippen LogP contribution in [0.5, 0.6) is 5.75 Å². The van der Waals surface area contributed by atoms with Crippen LogP contribution in [0.3, 0.4) is 0 Å². The lowest BCUT2D eigenvalue weighted by molar-refractivity contribution is 0.0600. The van der Waals surface area contributed by atoms with Crippen LogP contribution in [0, 0.1) is 27.7 Å². The Hall–Kier alpha value is -4.31. The lowest BCUT2D eigenvalue weighted by Crippen LogP contribution is -2.32. The Bertz CT molecular complexity index is 2090. The van der Waals surface area contributed by atoms with Gasteiger partial charge in [0, 0.05) is 53.1 Å². The number of aliphatic hydroxyl groups excluding tert-OH is 1. The number of aliphatic hydroxyl groups is 1. The number of nitrogens with zero attached hydrogens (tertiary/aromatic N) is 4. The molecular formula is C38H40Cl2N4O5. The molecule has 0 aliphatic carbocycles. The van der Waals surface area contributed by atoms with Crippen molar-refractivity contribution in [1.82, 2.24) is 14.3 Å². The fourth-order valence-corrected chi connectivity index (χ4v) is 7.39. The van der Waals surface area contributed by atoms with Crippen LogP contribution in [0.4, 0.5) is 5.69 Å². The Labute approximate surface area is 295 Å². The number of rotatable bonds is 9. The van der Waals surface area contributed by atoms with Crippen molar-refractivity contribution in [2.45, 2.75) is 60.1 Å². The smallest absolute Gasteiger partial charge is 0.337 e. The summed E-state index contributed by atoms with van der Waals surface area (Å²) in [6, 6.07) is 12.8. The summed E-state index contributed by atoms with van der Waals surface area (Å²) < 4.78 is 15.1. The van der Waals surface area contributed by atoms with Crippen LogP contribution in [0.1, 0.15) is 67.3 Å². The molecule has 3 heterocycles. The minimum atomic E-state index is -0.541. The number of fused-ring (bicyclic) bond motifs is 3. The highest BCUT2D eigenvalue weighted by atomic mass is 35.5. The number of ether oxygens (including phenoxy) is 2. The van der Waals surface area contributed by atoms with Gasteiger partial charge in [0.25, 0.3) is 5.91 Å². The number of anilines is 1. The number of hydrogen-bond donors (Lipinski definition) is 1. The summed E-state index contributed by atoms with van der Waals surface area (Å²) in [5, 5.41) is 17.0. The van der Waals surface area contributed by atoms with Gasteiger partial charge in [0.1, 0.15) is 11.4 Å². The molecule has 5 aromatic rings. The van der Waals surface area contributed by atoms with Gasteiger partial charge < -0.3 is 24.0 Å². The summed E-state index contributed by atoms with van der Waals surface area (Å²) in [6.07, 6.45) is 1.86. The monoisotopic (exact) mass is 702 g/mol. The molecule has 3 aromatic carbocycles. The molecule has 0 bridgehead atoms. The predicted octanol–water partition coefficient (Wildman–Crippen LogP) is 7.92. The Morgan fingerprint density at radius 1 is 1.00 bits per heavy atom. The minimum absolute atomic E-state index is 0.193. The number of hydrogen-bond acceptors (Lipinski definition) is 6. The van der Waals surface area contributed by atoms with Gasteiger partial charge in [-0.25, -0.2) is 4.79 Å². The molecule has 256 valence electrons. The fourth-order valence-electron chi connectivity index (χ4n) is 7.04. The molecule has 1 aliphatic rings. The lowest BCUT2D eigenvalue weighted by atomic mass is 9.98. The van der Waals surface area contributed by atoms with E-state index in [4.69, 9.17) is 32.7 Å². The van der Waals surface area contributed by atoms with Crippen molar-refractivity contribution in [2.24, 2.45) is 7.05 Å². The fraction of sp³-hybridized carbons (Fsp3) is 0.342. The van der Waals surface area contributed by atoms with Crippen molar-refractivity contribution >= 4 is 51.7 Å². The van der Waals surface area contributed by atoms with Crippen LogP contribution in [-0.4, -0.2) is 51.6 Å². The number of halogens is 2. The standard InChI is InChI=1S/C38H40Cl2N4O5/c1-21-15-28(16-22(2)34(21)40)49-14-7-9-29-30-10-11-31(39)33(32-23(3)41-42(5)24(32)4)35(30)44-13-8-12-43(37(46)36(29)44)27-18-25(20-45)17-26(19-27)38(47)48-6/h10-11,15-19,45H,7-9,12-14,20H2,1-6H3. The van der Waals surface area contributed by atoms with Crippen LogP contribution in [-0.2, 0) is 31.4 Å². The third kappa shape index (κ3) is 6.31. The molecule has 0 atom stereocenters.